The highest BCUT2D eigenvalue weighted by Crippen LogP contribution is 2.36. The van der Waals surface area contributed by atoms with Crippen molar-refractivity contribution in [3.8, 4) is 0 Å². The van der Waals surface area contributed by atoms with E-state index in [-0.39, 0.29) is 0 Å². The Morgan fingerprint density at radius 2 is 2.08 bits per heavy atom. The van der Waals surface area contributed by atoms with Crippen molar-refractivity contribution in [3.05, 3.63) is 39.7 Å². The Kier molecular flexibility index (Phi) is 2.51. The van der Waals surface area contributed by atoms with E-state index >= 15 is 0 Å². The van der Waals surface area contributed by atoms with Crippen LogP contribution in [-0.4, -0.2) is 0 Å². The standard InChI is InChI=1S/C11H9BrS/c1-2-5-10-11(12)8-6-3-4-7-9(8)13-10/h2-7H,1H3. The zero-order valence-corrected chi connectivity index (χ0v) is 9.65. The molecule has 0 fully saturated rings. The second-order valence-electron chi connectivity index (χ2n) is 2.78. The maximum atomic E-state index is 3.61. The summed E-state index contributed by atoms with van der Waals surface area (Å²) >= 11 is 5.43. The van der Waals surface area contributed by atoms with Gasteiger partial charge in [-0.25, -0.2) is 0 Å². The zero-order valence-electron chi connectivity index (χ0n) is 7.25. The number of thiophene rings is 1. The van der Waals surface area contributed by atoms with E-state index < -0.39 is 0 Å². The summed E-state index contributed by atoms with van der Waals surface area (Å²) in [5.41, 5.74) is 0. The van der Waals surface area contributed by atoms with Crippen LogP contribution in [0.1, 0.15) is 11.8 Å². The molecule has 2 rings (SSSR count). The largest absolute Gasteiger partial charge is 0.135 e. The fourth-order valence-corrected chi connectivity index (χ4v) is 3.21. The molecule has 0 radical (unpaired) electrons. The Balaban J connectivity index is 2.73. The van der Waals surface area contributed by atoms with Crippen LogP contribution in [0.5, 0.6) is 0 Å². The summed E-state index contributed by atoms with van der Waals surface area (Å²) in [5.74, 6) is 0. The van der Waals surface area contributed by atoms with Gasteiger partial charge in [-0.2, -0.15) is 0 Å². The minimum atomic E-state index is 1.21. The van der Waals surface area contributed by atoms with E-state index in [4.69, 9.17) is 0 Å². The molecule has 0 saturated carbocycles. The van der Waals surface area contributed by atoms with Gasteiger partial charge in [0.25, 0.3) is 0 Å². The lowest BCUT2D eigenvalue weighted by Gasteiger charge is -1.87. The van der Waals surface area contributed by atoms with Crippen LogP contribution < -0.4 is 0 Å². The number of hydrogen-bond donors (Lipinski definition) is 0. The van der Waals surface area contributed by atoms with Gasteiger partial charge in [0.05, 0.1) is 0 Å². The lowest BCUT2D eigenvalue weighted by atomic mass is 10.2. The first-order valence-corrected chi connectivity index (χ1v) is 5.73. The van der Waals surface area contributed by atoms with Crippen LogP contribution >= 0.6 is 27.3 Å². The van der Waals surface area contributed by atoms with E-state index in [1.165, 1.54) is 19.4 Å². The highest BCUT2D eigenvalue weighted by molar-refractivity contribution is 9.10. The third-order valence-electron chi connectivity index (χ3n) is 1.88. The van der Waals surface area contributed by atoms with Crippen LogP contribution in [0.4, 0.5) is 0 Å². The van der Waals surface area contributed by atoms with Gasteiger partial charge in [0.1, 0.15) is 0 Å². The number of benzene rings is 1. The second-order valence-corrected chi connectivity index (χ2v) is 4.65. The van der Waals surface area contributed by atoms with E-state index in [0.717, 1.165) is 0 Å². The maximum absolute atomic E-state index is 3.61. The summed E-state index contributed by atoms with van der Waals surface area (Å²) in [5, 5.41) is 1.31. The predicted octanol–water partition coefficient (Wildman–Crippen LogP) is 4.70. The van der Waals surface area contributed by atoms with Gasteiger partial charge in [-0.3, -0.25) is 0 Å². The van der Waals surface area contributed by atoms with Crippen LogP contribution in [-0.2, 0) is 0 Å². The van der Waals surface area contributed by atoms with Crippen molar-refractivity contribution < 1.29 is 0 Å². The van der Waals surface area contributed by atoms with Crippen molar-refractivity contribution in [3.63, 3.8) is 0 Å². The topological polar surface area (TPSA) is 0 Å². The third-order valence-corrected chi connectivity index (χ3v) is 4.13. The van der Waals surface area contributed by atoms with Gasteiger partial charge in [-0.15, -0.1) is 11.3 Å². The van der Waals surface area contributed by atoms with E-state index in [0.29, 0.717) is 0 Å². The minimum absolute atomic E-state index is 1.21. The van der Waals surface area contributed by atoms with Crippen molar-refractivity contribution >= 4 is 43.4 Å². The highest BCUT2D eigenvalue weighted by Gasteiger charge is 2.05. The molecule has 1 heterocycles. The Morgan fingerprint density at radius 3 is 2.77 bits per heavy atom. The summed E-state index contributed by atoms with van der Waals surface area (Å²) in [6.07, 6.45) is 4.20. The molecule has 0 unspecified atom stereocenters. The molecular formula is C11H9BrS. The quantitative estimate of drug-likeness (QED) is 0.691. The molecule has 0 saturated heterocycles. The monoisotopic (exact) mass is 252 g/mol. The molecule has 0 aliphatic heterocycles. The Labute approximate surface area is 90.0 Å². The van der Waals surface area contributed by atoms with Gasteiger partial charge in [-0.05, 0) is 35.0 Å². The molecular weight excluding hydrogens is 244 g/mol. The molecule has 0 N–H and O–H groups in total. The summed E-state index contributed by atoms with van der Waals surface area (Å²) < 4.78 is 2.55. The Morgan fingerprint density at radius 1 is 1.31 bits per heavy atom. The third kappa shape index (κ3) is 1.56. The summed E-state index contributed by atoms with van der Waals surface area (Å²) in [4.78, 5) is 1.30. The molecule has 0 bridgehead atoms. The fraction of sp³-hybridized carbons (Fsp3) is 0.0909. The molecule has 0 atom stereocenters. The van der Waals surface area contributed by atoms with Crippen molar-refractivity contribution in [2.75, 3.05) is 0 Å². The lowest BCUT2D eigenvalue weighted by Crippen LogP contribution is -1.63. The van der Waals surface area contributed by atoms with Crippen LogP contribution in [0.2, 0.25) is 0 Å². The first kappa shape index (κ1) is 8.97. The van der Waals surface area contributed by atoms with Gasteiger partial charge < -0.3 is 0 Å². The molecule has 0 aliphatic carbocycles. The first-order valence-electron chi connectivity index (χ1n) is 4.12. The van der Waals surface area contributed by atoms with Gasteiger partial charge >= 0.3 is 0 Å². The lowest BCUT2D eigenvalue weighted by molar-refractivity contribution is 1.77. The molecule has 1 aromatic heterocycles. The number of hydrogen-bond acceptors (Lipinski definition) is 1. The first-order chi connectivity index (χ1) is 6.33. The smallest absolute Gasteiger partial charge is 0.0434 e. The van der Waals surface area contributed by atoms with Crippen LogP contribution in [0, 0.1) is 0 Å². The van der Waals surface area contributed by atoms with Crippen molar-refractivity contribution in [1.29, 1.82) is 0 Å². The van der Waals surface area contributed by atoms with Gasteiger partial charge in [0.2, 0.25) is 0 Å². The van der Waals surface area contributed by atoms with Crippen molar-refractivity contribution in [2.45, 2.75) is 6.92 Å². The van der Waals surface area contributed by atoms with Crippen LogP contribution in [0.15, 0.2) is 34.8 Å². The van der Waals surface area contributed by atoms with Gasteiger partial charge in [-0.1, -0.05) is 24.3 Å². The van der Waals surface area contributed by atoms with E-state index in [1.54, 1.807) is 0 Å². The minimum Gasteiger partial charge on any atom is -0.135 e. The summed E-state index contributed by atoms with van der Waals surface area (Å²) in [6.45, 7) is 2.04. The average Bonchev–Trinajstić information content (AvgIpc) is 2.46. The fourth-order valence-electron chi connectivity index (χ4n) is 1.29. The Bertz CT molecular complexity index is 454. The molecule has 0 spiro atoms. The summed E-state index contributed by atoms with van der Waals surface area (Å²) in [6, 6.07) is 8.44. The molecule has 2 heteroatoms. The van der Waals surface area contributed by atoms with E-state index in [2.05, 4.69) is 52.3 Å². The van der Waals surface area contributed by atoms with Crippen LogP contribution in [0.3, 0.4) is 0 Å². The molecule has 2 aromatic rings. The van der Waals surface area contributed by atoms with E-state index in [9.17, 15) is 0 Å². The molecule has 0 amide bonds. The molecule has 0 nitrogen and oxygen atoms in total. The van der Waals surface area contributed by atoms with Gasteiger partial charge in [0.15, 0.2) is 0 Å². The average molecular weight is 253 g/mol. The predicted molar refractivity (Wildman–Crippen MR) is 64.2 cm³/mol. The number of rotatable bonds is 1. The number of fused-ring (bicyclic) bond motifs is 1. The molecule has 0 aliphatic rings. The van der Waals surface area contributed by atoms with E-state index in [1.807, 2.05) is 18.3 Å². The highest BCUT2D eigenvalue weighted by atomic mass is 79.9. The van der Waals surface area contributed by atoms with Gasteiger partial charge in [0, 0.05) is 19.4 Å². The molecule has 13 heavy (non-hydrogen) atoms. The van der Waals surface area contributed by atoms with Crippen molar-refractivity contribution in [2.24, 2.45) is 0 Å². The maximum Gasteiger partial charge on any atom is 0.0434 e. The second kappa shape index (κ2) is 3.64. The molecule has 1 aromatic carbocycles. The van der Waals surface area contributed by atoms with Crippen LogP contribution in [0.25, 0.3) is 16.2 Å². The number of halogens is 1. The van der Waals surface area contributed by atoms with Crippen molar-refractivity contribution in [1.82, 2.24) is 0 Å². The Hall–Kier alpha value is -0.600. The summed E-state index contributed by atoms with van der Waals surface area (Å²) in [7, 11) is 0. The zero-order chi connectivity index (χ0) is 9.26. The normalized spacial score (nSPS) is 11.5. The SMILES string of the molecule is CC=Cc1sc2ccccc2c1Br. The number of allylic oxidation sites excluding steroid dienone is 1. The molecule has 66 valence electrons.